The van der Waals surface area contributed by atoms with Gasteiger partial charge in [-0.25, -0.2) is 0 Å². The molecular weight excluding hydrogens is 374 g/mol. The van der Waals surface area contributed by atoms with Gasteiger partial charge >= 0.3 is 0 Å². The summed E-state index contributed by atoms with van der Waals surface area (Å²) in [4.78, 5) is 24.5. The first kappa shape index (κ1) is 19.1. The molecule has 4 rings (SSSR count). The van der Waals surface area contributed by atoms with Gasteiger partial charge < -0.3 is 24.3 Å². The maximum absolute atomic E-state index is 12.4. The molecule has 29 heavy (non-hydrogen) atoms. The molecule has 0 atom stereocenters. The smallest absolute Gasteiger partial charge is 0.231 e. The van der Waals surface area contributed by atoms with Crippen LogP contribution < -0.4 is 24.3 Å². The Kier molecular flexibility index (Phi) is 5.84. The number of hydrogen-bond acceptors (Lipinski definition) is 6. The number of carbonyl (C=O) groups excluding carboxylic acids is 2. The van der Waals surface area contributed by atoms with Crippen LogP contribution in [-0.2, 0) is 11.2 Å². The number of hydrogen-bond donors (Lipinski definition) is 1. The van der Waals surface area contributed by atoms with Gasteiger partial charge in [-0.05, 0) is 42.3 Å². The average molecular weight is 397 g/mol. The van der Waals surface area contributed by atoms with Gasteiger partial charge in [0.1, 0.15) is 0 Å². The molecule has 1 N–H and O–H groups in total. The lowest BCUT2D eigenvalue weighted by Crippen LogP contribution is -2.26. The van der Waals surface area contributed by atoms with Crippen molar-refractivity contribution in [1.82, 2.24) is 5.32 Å². The molecule has 2 aromatic rings. The zero-order valence-electron chi connectivity index (χ0n) is 16.1. The predicted molar refractivity (Wildman–Crippen MR) is 105 cm³/mol. The molecule has 1 amide bonds. The number of fused-ring (bicyclic) bond motifs is 2. The minimum atomic E-state index is -0.145. The molecule has 7 heteroatoms. The summed E-state index contributed by atoms with van der Waals surface area (Å²) in [5, 5.41) is 2.86. The molecule has 0 saturated carbocycles. The zero-order chi connectivity index (χ0) is 20.1. The Morgan fingerprint density at radius 3 is 2.45 bits per heavy atom. The van der Waals surface area contributed by atoms with Crippen LogP contribution in [0.15, 0.2) is 36.4 Å². The van der Waals surface area contributed by atoms with E-state index in [9.17, 15) is 9.59 Å². The number of Topliss-reactive ketones (excluding diaryl/α,β-unsaturated/α-hetero) is 1. The first-order chi connectivity index (χ1) is 14.2. The number of benzene rings is 2. The summed E-state index contributed by atoms with van der Waals surface area (Å²) >= 11 is 0. The molecule has 0 fully saturated rings. The van der Waals surface area contributed by atoms with E-state index < -0.39 is 0 Å². The van der Waals surface area contributed by atoms with Gasteiger partial charge in [0.05, 0.1) is 13.2 Å². The molecule has 0 bridgehead atoms. The van der Waals surface area contributed by atoms with Crippen molar-refractivity contribution in [3.8, 4) is 23.0 Å². The lowest BCUT2D eigenvalue weighted by Gasteiger charge is -2.09. The molecule has 0 unspecified atom stereocenters. The summed E-state index contributed by atoms with van der Waals surface area (Å²) in [6.45, 7) is 1.91. The van der Waals surface area contributed by atoms with Crippen LogP contribution in [0, 0.1) is 0 Å². The second kappa shape index (κ2) is 8.86. The van der Waals surface area contributed by atoms with Gasteiger partial charge in [-0.1, -0.05) is 6.07 Å². The lowest BCUT2D eigenvalue weighted by molar-refractivity contribution is -0.121. The lowest BCUT2D eigenvalue weighted by atomic mass is 10.1. The van der Waals surface area contributed by atoms with Gasteiger partial charge in [-0.2, -0.15) is 0 Å². The fourth-order valence-corrected chi connectivity index (χ4v) is 3.24. The average Bonchev–Trinajstić information content (AvgIpc) is 3.07. The number of carbonyl (C=O) groups is 2. The van der Waals surface area contributed by atoms with E-state index in [1.165, 1.54) is 0 Å². The standard InChI is InChI=1S/C22H23NO6/c24-17(16-3-6-18-21(13-16)27-11-1-10-26-18)4-7-22(25)23-9-8-15-2-5-19-20(12-15)29-14-28-19/h2-3,5-6,12-13H,1,4,7-11,14H2,(H,23,25). The third-order valence-electron chi connectivity index (χ3n) is 4.82. The van der Waals surface area contributed by atoms with Gasteiger partial charge in [-0.15, -0.1) is 0 Å². The van der Waals surface area contributed by atoms with E-state index in [0.29, 0.717) is 43.2 Å². The molecule has 2 aromatic carbocycles. The number of amides is 1. The van der Waals surface area contributed by atoms with Crippen molar-refractivity contribution in [3.05, 3.63) is 47.5 Å². The Balaban J connectivity index is 1.22. The molecule has 0 aromatic heterocycles. The number of nitrogens with one attached hydrogen (secondary N) is 1. The first-order valence-corrected chi connectivity index (χ1v) is 9.77. The fourth-order valence-electron chi connectivity index (χ4n) is 3.24. The van der Waals surface area contributed by atoms with Crippen molar-refractivity contribution in [2.45, 2.75) is 25.7 Å². The summed E-state index contributed by atoms with van der Waals surface area (Å²) < 4.78 is 21.8. The Hall–Kier alpha value is -3.22. The second-order valence-corrected chi connectivity index (χ2v) is 6.92. The van der Waals surface area contributed by atoms with E-state index in [0.717, 1.165) is 23.5 Å². The molecule has 152 valence electrons. The summed E-state index contributed by atoms with van der Waals surface area (Å²) in [7, 11) is 0. The van der Waals surface area contributed by atoms with Crippen LogP contribution in [0.4, 0.5) is 0 Å². The van der Waals surface area contributed by atoms with Crippen LogP contribution in [0.3, 0.4) is 0 Å². The minimum Gasteiger partial charge on any atom is -0.490 e. The second-order valence-electron chi connectivity index (χ2n) is 6.92. The zero-order valence-corrected chi connectivity index (χ0v) is 16.1. The maximum Gasteiger partial charge on any atom is 0.231 e. The Morgan fingerprint density at radius 1 is 0.828 bits per heavy atom. The van der Waals surface area contributed by atoms with Gasteiger partial charge in [-0.3, -0.25) is 9.59 Å². The molecule has 0 aliphatic carbocycles. The van der Waals surface area contributed by atoms with Gasteiger partial charge in [0.15, 0.2) is 28.8 Å². The van der Waals surface area contributed by atoms with E-state index in [1.54, 1.807) is 18.2 Å². The highest BCUT2D eigenvalue weighted by molar-refractivity contribution is 5.98. The monoisotopic (exact) mass is 397 g/mol. The summed E-state index contributed by atoms with van der Waals surface area (Å²) in [5.74, 6) is 2.47. The van der Waals surface area contributed by atoms with Gasteiger partial charge in [0, 0.05) is 31.4 Å². The van der Waals surface area contributed by atoms with Gasteiger partial charge in [0.25, 0.3) is 0 Å². The molecule has 2 aliphatic heterocycles. The number of ether oxygens (including phenoxy) is 4. The van der Waals surface area contributed by atoms with E-state index in [4.69, 9.17) is 18.9 Å². The largest absolute Gasteiger partial charge is 0.490 e. The molecule has 0 radical (unpaired) electrons. The molecule has 0 saturated heterocycles. The highest BCUT2D eigenvalue weighted by Gasteiger charge is 2.16. The fraction of sp³-hybridized carbons (Fsp3) is 0.364. The van der Waals surface area contributed by atoms with Crippen molar-refractivity contribution >= 4 is 11.7 Å². The third-order valence-corrected chi connectivity index (χ3v) is 4.82. The highest BCUT2D eigenvalue weighted by atomic mass is 16.7. The van der Waals surface area contributed by atoms with Crippen LogP contribution in [0.25, 0.3) is 0 Å². The van der Waals surface area contributed by atoms with Crippen LogP contribution in [0.5, 0.6) is 23.0 Å². The van der Waals surface area contributed by atoms with E-state index in [-0.39, 0.29) is 31.3 Å². The van der Waals surface area contributed by atoms with Crippen molar-refractivity contribution in [1.29, 1.82) is 0 Å². The Morgan fingerprint density at radius 2 is 1.55 bits per heavy atom. The van der Waals surface area contributed by atoms with Crippen LogP contribution in [0.1, 0.15) is 35.2 Å². The van der Waals surface area contributed by atoms with E-state index >= 15 is 0 Å². The normalized spacial score (nSPS) is 14.2. The summed E-state index contributed by atoms with van der Waals surface area (Å²) in [5.41, 5.74) is 1.58. The van der Waals surface area contributed by atoms with Crippen LogP contribution in [0.2, 0.25) is 0 Å². The van der Waals surface area contributed by atoms with Gasteiger partial charge in [0.2, 0.25) is 12.7 Å². The SMILES string of the molecule is O=C(CCC(=O)c1ccc2c(c1)OCCCO2)NCCc1ccc2c(c1)OCO2. The molecule has 2 aliphatic rings. The molecule has 0 spiro atoms. The van der Waals surface area contributed by atoms with Crippen molar-refractivity contribution < 1.29 is 28.5 Å². The number of rotatable bonds is 7. The van der Waals surface area contributed by atoms with Crippen molar-refractivity contribution in [2.24, 2.45) is 0 Å². The van der Waals surface area contributed by atoms with Crippen molar-refractivity contribution in [2.75, 3.05) is 26.6 Å². The predicted octanol–water partition coefficient (Wildman–Crippen LogP) is 2.90. The summed E-state index contributed by atoms with van der Waals surface area (Å²) in [6, 6.07) is 10.9. The molecule has 2 heterocycles. The quantitative estimate of drug-likeness (QED) is 0.724. The molecule has 7 nitrogen and oxygen atoms in total. The van der Waals surface area contributed by atoms with Crippen LogP contribution >= 0.6 is 0 Å². The molecular formula is C22H23NO6. The summed E-state index contributed by atoms with van der Waals surface area (Å²) in [6.07, 6.45) is 1.78. The topological polar surface area (TPSA) is 83.1 Å². The van der Waals surface area contributed by atoms with E-state index in [2.05, 4.69) is 5.32 Å². The highest BCUT2D eigenvalue weighted by Crippen LogP contribution is 2.32. The van der Waals surface area contributed by atoms with Crippen molar-refractivity contribution in [3.63, 3.8) is 0 Å². The first-order valence-electron chi connectivity index (χ1n) is 9.77. The minimum absolute atomic E-state index is 0.0911. The Bertz CT molecular complexity index is 910. The number of ketones is 1. The van der Waals surface area contributed by atoms with Crippen LogP contribution in [-0.4, -0.2) is 38.2 Å². The maximum atomic E-state index is 12.4. The Labute approximate surface area is 168 Å². The third kappa shape index (κ3) is 4.80. The van der Waals surface area contributed by atoms with E-state index in [1.807, 2.05) is 18.2 Å².